The van der Waals surface area contributed by atoms with E-state index in [9.17, 15) is 0 Å². The third-order valence-corrected chi connectivity index (χ3v) is 2.24. The standard InChI is InChI=1S/C8H12N4/c1-5-6(2)9-12-7(3)10-11(4)8(5)12/h1-4H3. The number of rotatable bonds is 0. The van der Waals surface area contributed by atoms with Crippen LogP contribution in [0.25, 0.3) is 5.65 Å². The van der Waals surface area contributed by atoms with Gasteiger partial charge in [0.05, 0.1) is 5.69 Å². The van der Waals surface area contributed by atoms with E-state index < -0.39 is 0 Å². The summed E-state index contributed by atoms with van der Waals surface area (Å²) in [5.41, 5.74) is 3.37. The Morgan fingerprint density at radius 3 is 2.33 bits per heavy atom. The van der Waals surface area contributed by atoms with Gasteiger partial charge in [-0.15, -0.1) is 0 Å². The molecule has 0 bridgehead atoms. The molecule has 0 saturated heterocycles. The summed E-state index contributed by atoms with van der Waals surface area (Å²) in [6, 6.07) is 0. The smallest absolute Gasteiger partial charge is 0.157 e. The lowest BCUT2D eigenvalue weighted by molar-refractivity contribution is 0.776. The Hall–Kier alpha value is -1.32. The Morgan fingerprint density at radius 1 is 1.08 bits per heavy atom. The second kappa shape index (κ2) is 2.09. The van der Waals surface area contributed by atoms with Crippen LogP contribution in [0.5, 0.6) is 0 Å². The van der Waals surface area contributed by atoms with E-state index >= 15 is 0 Å². The van der Waals surface area contributed by atoms with Crippen molar-refractivity contribution in [1.82, 2.24) is 19.4 Å². The maximum atomic E-state index is 4.37. The highest BCUT2D eigenvalue weighted by Crippen LogP contribution is 2.13. The van der Waals surface area contributed by atoms with Crippen molar-refractivity contribution in [2.45, 2.75) is 20.8 Å². The van der Waals surface area contributed by atoms with Crippen molar-refractivity contribution >= 4 is 5.65 Å². The molecule has 0 amide bonds. The fourth-order valence-electron chi connectivity index (χ4n) is 1.51. The summed E-state index contributed by atoms with van der Waals surface area (Å²) in [6.45, 7) is 6.04. The highest BCUT2D eigenvalue weighted by atomic mass is 15.4. The lowest BCUT2D eigenvalue weighted by Crippen LogP contribution is -1.91. The summed E-state index contributed by atoms with van der Waals surface area (Å²) in [7, 11) is 1.94. The molecule has 64 valence electrons. The molecule has 0 aliphatic carbocycles. The van der Waals surface area contributed by atoms with Gasteiger partial charge in [-0.1, -0.05) is 0 Å². The first-order valence-electron chi connectivity index (χ1n) is 3.97. The second-order valence-electron chi connectivity index (χ2n) is 3.12. The third kappa shape index (κ3) is 0.719. The minimum absolute atomic E-state index is 0.934. The number of aromatic nitrogens is 4. The highest BCUT2D eigenvalue weighted by Gasteiger charge is 2.10. The lowest BCUT2D eigenvalue weighted by atomic mass is 10.3. The minimum atomic E-state index is 0.934. The van der Waals surface area contributed by atoms with Crippen LogP contribution in [0.4, 0.5) is 0 Å². The van der Waals surface area contributed by atoms with Gasteiger partial charge in [0.15, 0.2) is 5.65 Å². The Kier molecular flexibility index (Phi) is 1.28. The molecule has 4 nitrogen and oxygen atoms in total. The normalized spacial score (nSPS) is 11.3. The summed E-state index contributed by atoms with van der Waals surface area (Å²) in [4.78, 5) is 0. The summed E-state index contributed by atoms with van der Waals surface area (Å²) in [5.74, 6) is 0.934. The van der Waals surface area contributed by atoms with Gasteiger partial charge in [0.25, 0.3) is 0 Å². The fourth-order valence-corrected chi connectivity index (χ4v) is 1.51. The monoisotopic (exact) mass is 164 g/mol. The van der Waals surface area contributed by atoms with Crippen LogP contribution in [0.1, 0.15) is 17.1 Å². The summed E-state index contributed by atoms with van der Waals surface area (Å²) in [6.07, 6.45) is 0. The molecule has 0 aromatic carbocycles. The SMILES string of the molecule is Cc1nn2c(C)nn(C)c2c1C. The average Bonchev–Trinajstić information content (AvgIpc) is 2.41. The highest BCUT2D eigenvalue weighted by molar-refractivity contribution is 5.49. The van der Waals surface area contributed by atoms with Crippen molar-refractivity contribution < 1.29 is 0 Å². The molecule has 0 aliphatic heterocycles. The van der Waals surface area contributed by atoms with Gasteiger partial charge in [-0.05, 0) is 20.8 Å². The molecule has 4 heteroatoms. The number of fused-ring (bicyclic) bond motifs is 1. The molecule has 12 heavy (non-hydrogen) atoms. The number of aryl methyl sites for hydroxylation is 4. The van der Waals surface area contributed by atoms with E-state index in [0.717, 1.165) is 17.2 Å². The molecule has 0 radical (unpaired) electrons. The molecule has 2 heterocycles. The van der Waals surface area contributed by atoms with Crippen LogP contribution in [0, 0.1) is 20.8 Å². The minimum Gasteiger partial charge on any atom is -0.249 e. The van der Waals surface area contributed by atoms with E-state index in [1.54, 1.807) is 0 Å². The quantitative estimate of drug-likeness (QED) is 0.582. The van der Waals surface area contributed by atoms with Gasteiger partial charge in [0.2, 0.25) is 0 Å². The number of hydrogen-bond acceptors (Lipinski definition) is 2. The molecular formula is C8H12N4. The van der Waals surface area contributed by atoms with Gasteiger partial charge in [-0.2, -0.15) is 14.7 Å². The summed E-state index contributed by atoms with van der Waals surface area (Å²) < 4.78 is 3.75. The summed E-state index contributed by atoms with van der Waals surface area (Å²) >= 11 is 0. The molecule has 2 rings (SSSR count). The number of nitrogens with zero attached hydrogens (tertiary/aromatic N) is 4. The molecule has 0 fully saturated rings. The van der Waals surface area contributed by atoms with Gasteiger partial charge >= 0.3 is 0 Å². The molecule has 0 spiro atoms. The third-order valence-electron chi connectivity index (χ3n) is 2.24. The van der Waals surface area contributed by atoms with Gasteiger partial charge in [-0.25, -0.2) is 4.68 Å². The van der Waals surface area contributed by atoms with E-state index in [4.69, 9.17) is 0 Å². The predicted molar refractivity (Wildman–Crippen MR) is 46.2 cm³/mol. The van der Waals surface area contributed by atoms with E-state index in [2.05, 4.69) is 17.1 Å². The first-order valence-corrected chi connectivity index (χ1v) is 3.97. The number of hydrogen-bond donors (Lipinski definition) is 0. The Bertz CT molecular complexity index is 435. The van der Waals surface area contributed by atoms with E-state index in [-0.39, 0.29) is 0 Å². The van der Waals surface area contributed by atoms with E-state index in [0.29, 0.717) is 0 Å². The zero-order valence-electron chi connectivity index (χ0n) is 7.79. The van der Waals surface area contributed by atoms with Gasteiger partial charge in [0, 0.05) is 12.6 Å². The van der Waals surface area contributed by atoms with Crippen LogP contribution < -0.4 is 0 Å². The molecule has 0 unspecified atom stereocenters. The van der Waals surface area contributed by atoms with Crippen molar-refractivity contribution in [3.63, 3.8) is 0 Å². The fraction of sp³-hybridized carbons (Fsp3) is 0.500. The molecular weight excluding hydrogens is 152 g/mol. The molecule has 2 aromatic heterocycles. The van der Waals surface area contributed by atoms with Crippen molar-refractivity contribution in [1.29, 1.82) is 0 Å². The van der Waals surface area contributed by atoms with E-state index in [1.165, 1.54) is 5.56 Å². The van der Waals surface area contributed by atoms with Crippen LogP contribution in [-0.2, 0) is 7.05 Å². The van der Waals surface area contributed by atoms with Crippen LogP contribution in [0.2, 0.25) is 0 Å². The van der Waals surface area contributed by atoms with Crippen LogP contribution in [0.15, 0.2) is 0 Å². The average molecular weight is 164 g/mol. The van der Waals surface area contributed by atoms with Crippen molar-refractivity contribution in [3.8, 4) is 0 Å². The molecule has 0 saturated carbocycles. The Balaban J connectivity index is 2.98. The van der Waals surface area contributed by atoms with Crippen molar-refractivity contribution in [2.75, 3.05) is 0 Å². The Labute approximate surface area is 70.8 Å². The zero-order chi connectivity index (χ0) is 8.88. The second-order valence-corrected chi connectivity index (χ2v) is 3.12. The zero-order valence-corrected chi connectivity index (χ0v) is 7.79. The largest absolute Gasteiger partial charge is 0.249 e. The maximum Gasteiger partial charge on any atom is 0.157 e. The molecule has 0 N–H and O–H groups in total. The molecule has 0 atom stereocenters. The van der Waals surface area contributed by atoms with Crippen LogP contribution in [-0.4, -0.2) is 19.4 Å². The first-order chi connectivity index (χ1) is 5.61. The topological polar surface area (TPSA) is 35.1 Å². The van der Waals surface area contributed by atoms with Gasteiger partial charge < -0.3 is 0 Å². The van der Waals surface area contributed by atoms with Crippen LogP contribution in [0.3, 0.4) is 0 Å². The van der Waals surface area contributed by atoms with E-state index in [1.807, 2.05) is 30.1 Å². The van der Waals surface area contributed by atoms with Gasteiger partial charge in [0.1, 0.15) is 5.82 Å². The predicted octanol–water partition coefficient (Wildman–Crippen LogP) is 0.993. The van der Waals surface area contributed by atoms with Gasteiger partial charge in [-0.3, -0.25) is 0 Å². The van der Waals surface area contributed by atoms with Crippen molar-refractivity contribution in [3.05, 3.63) is 17.1 Å². The molecule has 0 aliphatic rings. The summed E-state index contributed by atoms with van der Waals surface area (Å²) in [5, 5.41) is 8.64. The van der Waals surface area contributed by atoms with Crippen molar-refractivity contribution in [2.24, 2.45) is 7.05 Å². The maximum absolute atomic E-state index is 4.37. The Morgan fingerprint density at radius 2 is 1.75 bits per heavy atom. The molecule has 2 aromatic rings. The first kappa shape index (κ1) is 7.34. The van der Waals surface area contributed by atoms with Crippen LogP contribution >= 0.6 is 0 Å². The lowest BCUT2D eigenvalue weighted by Gasteiger charge is -1.89.